The van der Waals surface area contributed by atoms with Crippen molar-refractivity contribution in [3.63, 3.8) is 0 Å². The number of nitriles is 1. The molecule has 1 N–H and O–H groups in total. The predicted molar refractivity (Wildman–Crippen MR) is 164 cm³/mol. The van der Waals surface area contributed by atoms with Gasteiger partial charge in [0.25, 0.3) is 11.8 Å². The van der Waals surface area contributed by atoms with Gasteiger partial charge in [0.2, 0.25) is 0 Å². The third-order valence-electron chi connectivity index (χ3n) is 7.36. The summed E-state index contributed by atoms with van der Waals surface area (Å²) >= 11 is 6.23. The number of amides is 2. The first-order valence-corrected chi connectivity index (χ1v) is 14.1. The molecule has 0 radical (unpaired) electrons. The van der Waals surface area contributed by atoms with E-state index in [1.807, 2.05) is 19.1 Å². The van der Waals surface area contributed by atoms with E-state index in [-0.39, 0.29) is 41.0 Å². The molecule has 2 amide bonds. The summed E-state index contributed by atoms with van der Waals surface area (Å²) in [6, 6.07) is 17.7. The third kappa shape index (κ3) is 6.03. The number of rotatable bonds is 7. The summed E-state index contributed by atoms with van der Waals surface area (Å²) in [4.78, 5) is 32.2. The second-order valence-corrected chi connectivity index (χ2v) is 10.5. The molecular formula is C33H27ClFN7O2. The van der Waals surface area contributed by atoms with Gasteiger partial charge in [-0.1, -0.05) is 29.7 Å². The normalized spacial score (nSPS) is 11.4. The van der Waals surface area contributed by atoms with Crippen LogP contribution >= 0.6 is 11.6 Å². The van der Waals surface area contributed by atoms with Crippen molar-refractivity contribution < 1.29 is 14.0 Å². The van der Waals surface area contributed by atoms with Crippen LogP contribution in [-0.2, 0) is 6.54 Å². The quantitative estimate of drug-likeness (QED) is 0.257. The Morgan fingerprint density at radius 3 is 2.70 bits per heavy atom. The van der Waals surface area contributed by atoms with Crippen molar-refractivity contribution in [3.8, 4) is 17.9 Å². The Morgan fingerprint density at radius 1 is 1.11 bits per heavy atom. The summed E-state index contributed by atoms with van der Waals surface area (Å²) in [5.74, 6) is 4.91. The van der Waals surface area contributed by atoms with Gasteiger partial charge in [0.05, 0.1) is 12.2 Å². The Labute approximate surface area is 258 Å². The Kier molecular flexibility index (Phi) is 8.75. The van der Waals surface area contributed by atoms with E-state index >= 15 is 0 Å². The number of carbonyl (C=O) groups excluding carboxylic acids is 2. The fourth-order valence-corrected chi connectivity index (χ4v) is 5.10. The van der Waals surface area contributed by atoms with E-state index in [2.05, 4.69) is 33.3 Å². The Bertz CT molecular complexity index is 1980. The number of nitrogens with zero attached hydrogens (tertiary/aromatic N) is 6. The van der Waals surface area contributed by atoms with Crippen LogP contribution < -0.4 is 5.32 Å². The molecule has 0 saturated heterocycles. The summed E-state index contributed by atoms with van der Waals surface area (Å²) in [5, 5.41) is 17.0. The van der Waals surface area contributed by atoms with E-state index in [1.54, 1.807) is 61.2 Å². The van der Waals surface area contributed by atoms with Gasteiger partial charge in [-0.05, 0) is 73.9 Å². The molecule has 0 bridgehead atoms. The van der Waals surface area contributed by atoms with Gasteiger partial charge in [-0.15, -0.1) is 0 Å². The lowest BCUT2D eigenvalue weighted by molar-refractivity contribution is 0.0729. The zero-order chi connectivity index (χ0) is 31.4. The van der Waals surface area contributed by atoms with Crippen molar-refractivity contribution >= 4 is 29.1 Å². The van der Waals surface area contributed by atoms with Gasteiger partial charge < -0.3 is 14.8 Å². The topological polar surface area (TPSA) is 108 Å². The number of aromatic nitrogens is 4. The highest BCUT2D eigenvalue weighted by atomic mass is 35.5. The minimum absolute atomic E-state index is 0.142. The number of imidazole rings is 1. The lowest BCUT2D eigenvalue weighted by Crippen LogP contribution is -2.33. The predicted octanol–water partition coefficient (Wildman–Crippen LogP) is 5.17. The fourth-order valence-electron chi connectivity index (χ4n) is 4.78. The molecule has 3 aromatic heterocycles. The van der Waals surface area contributed by atoms with Gasteiger partial charge in [-0.25, -0.2) is 13.9 Å². The Hall–Kier alpha value is -5.45. The van der Waals surface area contributed by atoms with Crippen molar-refractivity contribution in [2.45, 2.75) is 26.4 Å². The van der Waals surface area contributed by atoms with Crippen molar-refractivity contribution in [3.05, 3.63) is 123 Å². The number of hydrogen-bond donors (Lipinski definition) is 1. The van der Waals surface area contributed by atoms with Crippen LogP contribution in [0.5, 0.6) is 0 Å². The summed E-state index contributed by atoms with van der Waals surface area (Å²) in [5.41, 5.74) is 3.99. The van der Waals surface area contributed by atoms with Gasteiger partial charge in [0.15, 0.2) is 5.65 Å². The molecule has 0 aliphatic carbocycles. The van der Waals surface area contributed by atoms with Crippen LogP contribution in [-0.4, -0.2) is 49.5 Å². The van der Waals surface area contributed by atoms with E-state index in [0.29, 0.717) is 22.5 Å². The molecule has 0 saturated carbocycles. The first-order valence-electron chi connectivity index (χ1n) is 13.7. The first kappa shape index (κ1) is 30.0. The van der Waals surface area contributed by atoms with Crippen molar-refractivity contribution in [1.29, 1.82) is 5.26 Å². The Balaban J connectivity index is 1.28. The van der Waals surface area contributed by atoms with E-state index in [1.165, 1.54) is 27.7 Å². The van der Waals surface area contributed by atoms with Crippen LogP contribution in [0.25, 0.3) is 5.65 Å². The zero-order valence-electron chi connectivity index (χ0n) is 24.2. The van der Waals surface area contributed by atoms with Crippen LogP contribution in [0.15, 0.2) is 73.1 Å². The minimum atomic E-state index is -0.674. The highest BCUT2D eigenvalue weighted by molar-refractivity contribution is 6.31. The number of fused-ring (bicyclic) bond motifs is 1. The molecule has 220 valence electrons. The smallest absolute Gasteiger partial charge is 0.270 e. The van der Waals surface area contributed by atoms with Crippen LogP contribution in [0.4, 0.5) is 4.39 Å². The number of halogens is 2. The lowest BCUT2D eigenvalue weighted by atomic mass is 10.0. The van der Waals surface area contributed by atoms with E-state index in [0.717, 1.165) is 5.56 Å². The zero-order valence-corrected chi connectivity index (χ0v) is 24.9. The third-order valence-corrected chi connectivity index (χ3v) is 7.69. The highest BCUT2D eigenvalue weighted by Crippen LogP contribution is 2.30. The van der Waals surface area contributed by atoms with E-state index in [9.17, 15) is 19.2 Å². The maximum atomic E-state index is 14.5. The van der Waals surface area contributed by atoms with Crippen LogP contribution in [0.3, 0.4) is 0 Å². The van der Waals surface area contributed by atoms with Crippen molar-refractivity contribution in [2.75, 3.05) is 13.6 Å². The van der Waals surface area contributed by atoms with Gasteiger partial charge in [0, 0.05) is 48.0 Å². The van der Waals surface area contributed by atoms with Crippen LogP contribution in [0.2, 0.25) is 5.02 Å². The van der Waals surface area contributed by atoms with E-state index < -0.39 is 17.8 Å². The molecule has 0 aliphatic rings. The minimum Gasteiger partial charge on any atom is -0.350 e. The first-order chi connectivity index (χ1) is 21.2. The number of nitrogens with one attached hydrogen (secondary N) is 1. The molecule has 5 rings (SSSR count). The van der Waals surface area contributed by atoms with Gasteiger partial charge >= 0.3 is 0 Å². The molecular weight excluding hydrogens is 581 g/mol. The average Bonchev–Trinajstić information content (AvgIpc) is 3.63. The summed E-state index contributed by atoms with van der Waals surface area (Å²) < 4.78 is 17.7. The number of aryl methyl sites for hydroxylation is 1. The molecule has 0 fully saturated rings. The average molecular weight is 608 g/mol. The summed E-state index contributed by atoms with van der Waals surface area (Å²) in [7, 11) is 1.55. The lowest BCUT2D eigenvalue weighted by Gasteiger charge is -2.27. The molecule has 1 atom stereocenters. The van der Waals surface area contributed by atoms with Crippen LogP contribution in [0.1, 0.15) is 61.9 Å². The van der Waals surface area contributed by atoms with Gasteiger partial charge in [0.1, 0.15) is 29.0 Å². The molecule has 0 spiro atoms. The number of benzene rings is 2. The molecule has 3 heterocycles. The second-order valence-electron chi connectivity index (χ2n) is 10.1. The van der Waals surface area contributed by atoms with Gasteiger partial charge in [-0.3, -0.25) is 9.59 Å². The fraction of sp³-hybridized carbons (Fsp3) is 0.182. The number of carbonyl (C=O) groups is 2. The SMILES string of the molecule is Cc1ccc(C(=O)NCCn2c(C#N)ccc2C(=O)N(C)C(C)c2c(F)cccc2Cl)cc1C#Cc1cnc2cccnn12. The van der Waals surface area contributed by atoms with Crippen LogP contribution in [0, 0.1) is 35.9 Å². The molecule has 1 unspecified atom stereocenters. The van der Waals surface area contributed by atoms with E-state index in [4.69, 9.17) is 11.6 Å². The Morgan fingerprint density at radius 2 is 1.93 bits per heavy atom. The largest absolute Gasteiger partial charge is 0.350 e. The highest BCUT2D eigenvalue weighted by Gasteiger charge is 2.26. The van der Waals surface area contributed by atoms with Gasteiger partial charge in [-0.2, -0.15) is 10.4 Å². The molecule has 0 aliphatic heterocycles. The standard InChI is InChI=1S/C33H27ClFN7O2/c1-21-9-10-24(18-23(21)11-12-26-20-38-30-8-5-15-39-42(26)30)32(43)37-16-17-41-25(19-36)13-14-29(41)33(44)40(3)22(2)31-27(34)6-4-7-28(31)35/h4-10,13-15,18,20,22H,16-17H2,1-3H3,(H,37,43). The summed E-state index contributed by atoms with van der Waals surface area (Å²) in [6.45, 7) is 3.88. The monoisotopic (exact) mass is 607 g/mol. The maximum Gasteiger partial charge on any atom is 0.270 e. The molecule has 11 heteroatoms. The molecule has 9 nitrogen and oxygen atoms in total. The molecule has 5 aromatic rings. The number of hydrogen-bond acceptors (Lipinski definition) is 5. The summed E-state index contributed by atoms with van der Waals surface area (Å²) in [6.07, 6.45) is 3.30. The molecule has 2 aromatic carbocycles. The van der Waals surface area contributed by atoms with Crippen molar-refractivity contribution in [2.24, 2.45) is 0 Å². The van der Waals surface area contributed by atoms with Crippen molar-refractivity contribution in [1.82, 2.24) is 29.4 Å². The second kappa shape index (κ2) is 12.8. The maximum absolute atomic E-state index is 14.5. The molecule has 44 heavy (non-hydrogen) atoms.